The number of imidazole rings is 1. The molecule has 1 aromatic heterocycles. The van der Waals surface area contributed by atoms with Crippen molar-refractivity contribution in [2.75, 3.05) is 5.73 Å². The van der Waals surface area contributed by atoms with E-state index in [1.54, 1.807) is 12.5 Å². The van der Waals surface area contributed by atoms with Crippen molar-refractivity contribution in [1.29, 1.82) is 0 Å². The van der Waals surface area contributed by atoms with Gasteiger partial charge in [0.15, 0.2) is 0 Å². The van der Waals surface area contributed by atoms with Crippen LogP contribution in [0, 0.1) is 0 Å². The van der Waals surface area contributed by atoms with Crippen molar-refractivity contribution in [3.63, 3.8) is 0 Å². The van der Waals surface area contributed by atoms with Gasteiger partial charge in [-0.05, 0) is 30.5 Å². The molecule has 112 valence electrons. The molecule has 0 spiro atoms. The van der Waals surface area contributed by atoms with Crippen molar-refractivity contribution in [1.82, 2.24) is 14.9 Å². The number of nitrogens with one attached hydrogen (secondary N) is 1. The summed E-state index contributed by atoms with van der Waals surface area (Å²) in [5.74, 6) is 0.234. The van der Waals surface area contributed by atoms with Gasteiger partial charge in [-0.1, -0.05) is 19.1 Å². The fourth-order valence-corrected chi connectivity index (χ4v) is 2.31. The summed E-state index contributed by atoms with van der Waals surface area (Å²) in [7, 11) is 0. The molecule has 0 aliphatic heterocycles. The van der Waals surface area contributed by atoms with E-state index in [0.717, 1.165) is 17.8 Å². The van der Waals surface area contributed by atoms with E-state index in [9.17, 15) is 4.79 Å². The van der Waals surface area contributed by atoms with Crippen molar-refractivity contribution in [2.45, 2.75) is 38.8 Å². The van der Waals surface area contributed by atoms with E-state index in [2.05, 4.69) is 10.3 Å². The molecule has 0 saturated carbocycles. The Balaban J connectivity index is 1.82. The van der Waals surface area contributed by atoms with E-state index >= 15 is 0 Å². The lowest BCUT2D eigenvalue weighted by molar-refractivity contribution is -0.122. The van der Waals surface area contributed by atoms with Crippen molar-refractivity contribution >= 4 is 11.6 Å². The summed E-state index contributed by atoms with van der Waals surface area (Å²) < 4.78 is 1.95. The molecule has 0 aliphatic rings. The molecule has 0 saturated heterocycles. The van der Waals surface area contributed by atoms with Gasteiger partial charge in [-0.15, -0.1) is 0 Å². The largest absolute Gasteiger partial charge is 0.399 e. The third-order valence-electron chi connectivity index (χ3n) is 3.45. The Morgan fingerprint density at radius 2 is 2.05 bits per heavy atom. The lowest BCUT2D eigenvalue weighted by atomic mass is 9.97. The lowest BCUT2D eigenvalue weighted by Crippen LogP contribution is -2.35. The van der Waals surface area contributed by atoms with Gasteiger partial charge in [0.1, 0.15) is 0 Å². The van der Waals surface area contributed by atoms with Gasteiger partial charge < -0.3 is 15.6 Å². The zero-order valence-corrected chi connectivity index (χ0v) is 12.5. The van der Waals surface area contributed by atoms with Gasteiger partial charge in [0.25, 0.3) is 0 Å². The number of carbonyl (C=O) groups excluding carboxylic acids is 1. The first-order valence-electron chi connectivity index (χ1n) is 7.15. The fourth-order valence-electron chi connectivity index (χ4n) is 2.31. The molecule has 0 bridgehead atoms. The number of nitrogen functional groups attached to an aromatic ring is 1. The molecule has 2 rings (SSSR count). The Morgan fingerprint density at radius 3 is 2.67 bits per heavy atom. The summed E-state index contributed by atoms with van der Waals surface area (Å²) in [4.78, 5) is 16.1. The second-order valence-corrected chi connectivity index (χ2v) is 5.50. The summed E-state index contributed by atoms with van der Waals surface area (Å²) in [5, 5.41) is 3.02. The highest BCUT2D eigenvalue weighted by Crippen LogP contribution is 2.20. The molecule has 2 aromatic rings. The normalized spacial score (nSPS) is 13.6. The number of benzene rings is 1. The minimum absolute atomic E-state index is 0.0620. The predicted molar refractivity (Wildman–Crippen MR) is 83.7 cm³/mol. The Morgan fingerprint density at radius 1 is 1.33 bits per heavy atom. The van der Waals surface area contributed by atoms with Crippen molar-refractivity contribution in [3.05, 3.63) is 48.5 Å². The van der Waals surface area contributed by atoms with Crippen LogP contribution in [0.5, 0.6) is 0 Å². The zero-order chi connectivity index (χ0) is 15.2. The summed E-state index contributed by atoms with van der Waals surface area (Å²) in [5.41, 5.74) is 7.54. The molecule has 3 N–H and O–H groups in total. The first kappa shape index (κ1) is 15.1. The maximum Gasteiger partial charge on any atom is 0.220 e. The van der Waals surface area contributed by atoms with Crippen LogP contribution >= 0.6 is 0 Å². The number of nitrogens with zero attached hydrogens (tertiary/aromatic N) is 2. The van der Waals surface area contributed by atoms with Crippen LogP contribution < -0.4 is 11.1 Å². The molecule has 2 unspecified atom stereocenters. The topological polar surface area (TPSA) is 72.9 Å². The quantitative estimate of drug-likeness (QED) is 0.799. The molecule has 1 heterocycles. The third kappa shape index (κ3) is 4.63. The maximum absolute atomic E-state index is 12.1. The first-order chi connectivity index (χ1) is 10.0. The van der Waals surface area contributed by atoms with E-state index in [-0.39, 0.29) is 17.9 Å². The highest BCUT2D eigenvalue weighted by Gasteiger charge is 2.13. The second kappa shape index (κ2) is 6.92. The minimum Gasteiger partial charge on any atom is -0.399 e. The molecule has 0 aliphatic carbocycles. The van der Waals surface area contributed by atoms with Crippen LogP contribution in [-0.4, -0.2) is 21.5 Å². The minimum atomic E-state index is 0.0620. The Kier molecular flexibility index (Phi) is 4.98. The van der Waals surface area contributed by atoms with Gasteiger partial charge in [0.05, 0.1) is 6.33 Å². The molecule has 0 radical (unpaired) electrons. The standard InChI is InChI=1S/C16H22N4O/c1-12(14-3-5-15(17)6-4-14)9-16(21)19-13(2)10-20-8-7-18-11-20/h3-8,11-13H,9-10,17H2,1-2H3,(H,19,21). The summed E-state index contributed by atoms with van der Waals surface area (Å²) in [6.07, 6.45) is 5.84. The molecule has 1 amide bonds. The van der Waals surface area contributed by atoms with Crippen LogP contribution in [-0.2, 0) is 11.3 Å². The summed E-state index contributed by atoms with van der Waals surface area (Å²) >= 11 is 0. The number of hydrogen-bond donors (Lipinski definition) is 2. The van der Waals surface area contributed by atoms with E-state index in [1.807, 2.05) is 48.9 Å². The Hall–Kier alpha value is -2.30. The number of carbonyl (C=O) groups is 1. The first-order valence-corrected chi connectivity index (χ1v) is 7.15. The van der Waals surface area contributed by atoms with E-state index in [0.29, 0.717) is 6.42 Å². The predicted octanol–water partition coefficient (Wildman–Crippen LogP) is 2.16. The fraction of sp³-hybridized carbons (Fsp3) is 0.375. The number of nitrogens with two attached hydrogens (primary N) is 1. The summed E-state index contributed by atoms with van der Waals surface area (Å²) in [6.45, 7) is 4.76. The Labute approximate surface area is 125 Å². The molecule has 1 aromatic carbocycles. The average Bonchev–Trinajstić information content (AvgIpc) is 2.91. The smallest absolute Gasteiger partial charge is 0.220 e. The van der Waals surface area contributed by atoms with E-state index in [1.165, 1.54) is 0 Å². The van der Waals surface area contributed by atoms with Crippen LogP contribution in [0.2, 0.25) is 0 Å². The monoisotopic (exact) mass is 286 g/mol. The number of hydrogen-bond acceptors (Lipinski definition) is 3. The number of amides is 1. The van der Waals surface area contributed by atoms with Crippen LogP contribution in [0.4, 0.5) is 5.69 Å². The van der Waals surface area contributed by atoms with Gasteiger partial charge in [0, 0.05) is 37.1 Å². The van der Waals surface area contributed by atoms with Gasteiger partial charge in [-0.2, -0.15) is 0 Å². The van der Waals surface area contributed by atoms with E-state index < -0.39 is 0 Å². The Bertz CT molecular complexity index is 562. The average molecular weight is 286 g/mol. The van der Waals surface area contributed by atoms with Crippen molar-refractivity contribution in [3.8, 4) is 0 Å². The lowest BCUT2D eigenvalue weighted by Gasteiger charge is -2.17. The maximum atomic E-state index is 12.1. The van der Waals surface area contributed by atoms with Gasteiger partial charge in [0.2, 0.25) is 5.91 Å². The van der Waals surface area contributed by atoms with Gasteiger partial charge in [-0.25, -0.2) is 4.98 Å². The molecular weight excluding hydrogens is 264 g/mol. The second-order valence-electron chi connectivity index (χ2n) is 5.50. The van der Waals surface area contributed by atoms with Crippen LogP contribution in [0.15, 0.2) is 43.0 Å². The molecular formula is C16H22N4O. The molecule has 0 fully saturated rings. The van der Waals surface area contributed by atoms with E-state index in [4.69, 9.17) is 5.73 Å². The third-order valence-corrected chi connectivity index (χ3v) is 3.45. The molecule has 21 heavy (non-hydrogen) atoms. The zero-order valence-electron chi connectivity index (χ0n) is 12.5. The number of anilines is 1. The van der Waals surface area contributed by atoms with Crippen LogP contribution in [0.3, 0.4) is 0 Å². The van der Waals surface area contributed by atoms with Crippen LogP contribution in [0.1, 0.15) is 31.7 Å². The van der Waals surface area contributed by atoms with Crippen LogP contribution in [0.25, 0.3) is 0 Å². The van der Waals surface area contributed by atoms with Gasteiger partial charge in [-0.3, -0.25) is 4.79 Å². The highest BCUT2D eigenvalue weighted by atomic mass is 16.1. The molecule has 5 heteroatoms. The summed E-state index contributed by atoms with van der Waals surface area (Å²) in [6, 6.07) is 7.76. The molecule has 2 atom stereocenters. The molecule has 5 nitrogen and oxygen atoms in total. The van der Waals surface area contributed by atoms with Crippen molar-refractivity contribution in [2.24, 2.45) is 0 Å². The highest BCUT2D eigenvalue weighted by molar-refractivity contribution is 5.77. The van der Waals surface area contributed by atoms with Gasteiger partial charge >= 0.3 is 0 Å². The number of aromatic nitrogens is 2. The number of rotatable bonds is 6. The van der Waals surface area contributed by atoms with Crippen molar-refractivity contribution < 1.29 is 4.79 Å². The SMILES string of the molecule is CC(Cn1ccnc1)NC(=O)CC(C)c1ccc(N)cc1.